The topological polar surface area (TPSA) is 61.9 Å². The summed E-state index contributed by atoms with van der Waals surface area (Å²) in [6, 6.07) is 14.8. The zero-order chi connectivity index (χ0) is 15.5. The van der Waals surface area contributed by atoms with E-state index in [0.29, 0.717) is 21.7 Å². The molecular formula is C16H9BrClN3O. The fraction of sp³-hybridized carbons (Fsp3) is 0. The predicted molar refractivity (Wildman–Crippen MR) is 90.4 cm³/mol. The number of aromatic nitrogens is 1. The van der Waals surface area contributed by atoms with Crippen LogP contribution in [0.5, 0.6) is 0 Å². The summed E-state index contributed by atoms with van der Waals surface area (Å²) in [5, 5.41) is 12.9. The van der Waals surface area contributed by atoms with Gasteiger partial charge in [-0.2, -0.15) is 5.26 Å². The van der Waals surface area contributed by atoms with Crippen LogP contribution in [0.1, 0.15) is 5.89 Å². The van der Waals surface area contributed by atoms with Crippen LogP contribution in [0.15, 0.2) is 57.6 Å². The Balaban J connectivity index is 1.90. The number of oxazole rings is 1. The number of benzene rings is 2. The lowest BCUT2D eigenvalue weighted by atomic mass is 10.3. The Hall–Kier alpha value is -2.29. The van der Waals surface area contributed by atoms with Gasteiger partial charge in [0, 0.05) is 21.4 Å². The maximum atomic E-state index is 9.29. The molecule has 0 radical (unpaired) electrons. The number of rotatable bonds is 3. The van der Waals surface area contributed by atoms with Crippen molar-refractivity contribution in [2.75, 3.05) is 5.32 Å². The molecule has 0 aliphatic carbocycles. The molecule has 0 bridgehead atoms. The smallest absolute Gasteiger partial charge is 0.239 e. The number of nitrogens with one attached hydrogen (secondary N) is 1. The third kappa shape index (κ3) is 3.14. The van der Waals surface area contributed by atoms with Crippen molar-refractivity contribution >= 4 is 49.9 Å². The van der Waals surface area contributed by atoms with E-state index < -0.39 is 0 Å². The second-order valence-corrected chi connectivity index (χ2v) is 5.80. The largest absolute Gasteiger partial charge is 0.435 e. The summed E-state index contributed by atoms with van der Waals surface area (Å²) in [4.78, 5) is 4.28. The Morgan fingerprint density at radius 3 is 2.77 bits per heavy atom. The van der Waals surface area contributed by atoms with Crippen molar-refractivity contribution in [3.63, 3.8) is 0 Å². The van der Waals surface area contributed by atoms with Gasteiger partial charge in [-0.05, 0) is 42.5 Å². The third-order valence-electron chi connectivity index (χ3n) is 2.93. The van der Waals surface area contributed by atoms with Crippen molar-refractivity contribution in [1.82, 2.24) is 4.98 Å². The normalized spacial score (nSPS) is 11.4. The molecule has 0 aliphatic rings. The van der Waals surface area contributed by atoms with E-state index in [4.69, 9.17) is 16.0 Å². The van der Waals surface area contributed by atoms with Crippen LogP contribution >= 0.6 is 27.5 Å². The van der Waals surface area contributed by atoms with Gasteiger partial charge in [0.1, 0.15) is 17.2 Å². The van der Waals surface area contributed by atoms with Gasteiger partial charge in [-0.1, -0.05) is 27.5 Å². The van der Waals surface area contributed by atoms with E-state index >= 15 is 0 Å². The molecule has 6 heteroatoms. The summed E-state index contributed by atoms with van der Waals surface area (Å²) < 4.78 is 6.56. The molecule has 0 amide bonds. The van der Waals surface area contributed by atoms with E-state index in [9.17, 15) is 5.26 Å². The van der Waals surface area contributed by atoms with E-state index in [-0.39, 0.29) is 5.89 Å². The Bertz CT molecular complexity index is 894. The van der Waals surface area contributed by atoms with Crippen molar-refractivity contribution in [2.45, 2.75) is 0 Å². The molecule has 108 valence electrons. The maximum absolute atomic E-state index is 9.29. The molecule has 0 saturated heterocycles. The van der Waals surface area contributed by atoms with Crippen molar-refractivity contribution in [1.29, 1.82) is 5.26 Å². The van der Waals surface area contributed by atoms with Crippen molar-refractivity contribution in [2.24, 2.45) is 0 Å². The first-order valence-electron chi connectivity index (χ1n) is 6.34. The van der Waals surface area contributed by atoms with Crippen LogP contribution in [0.4, 0.5) is 5.69 Å². The van der Waals surface area contributed by atoms with Crippen molar-refractivity contribution < 1.29 is 4.42 Å². The van der Waals surface area contributed by atoms with Crippen LogP contribution in [0, 0.1) is 11.3 Å². The minimum atomic E-state index is 0.254. The molecule has 1 N–H and O–H groups in total. The molecule has 2 aromatic carbocycles. The zero-order valence-corrected chi connectivity index (χ0v) is 13.5. The van der Waals surface area contributed by atoms with Crippen LogP contribution in [0.3, 0.4) is 0 Å². The van der Waals surface area contributed by atoms with E-state index in [1.54, 1.807) is 24.4 Å². The highest BCUT2D eigenvalue weighted by Crippen LogP contribution is 2.23. The first-order valence-corrected chi connectivity index (χ1v) is 7.51. The van der Waals surface area contributed by atoms with Gasteiger partial charge in [0.25, 0.3) is 0 Å². The van der Waals surface area contributed by atoms with Crippen LogP contribution in [0.2, 0.25) is 5.02 Å². The number of hydrogen-bond acceptors (Lipinski definition) is 4. The first kappa shape index (κ1) is 14.6. The highest BCUT2D eigenvalue weighted by atomic mass is 79.9. The monoisotopic (exact) mass is 373 g/mol. The van der Waals surface area contributed by atoms with Gasteiger partial charge >= 0.3 is 0 Å². The lowest BCUT2D eigenvalue weighted by Gasteiger charge is -2.00. The van der Waals surface area contributed by atoms with Crippen LogP contribution < -0.4 is 5.32 Å². The first-order chi connectivity index (χ1) is 10.7. The molecule has 1 heterocycles. The SMILES string of the molecule is N#CC(=CNc1ccc(Br)cc1)c1nc2cc(Cl)ccc2o1. The highest BCUT2D eigenvalue weighted by molar-refractivity contribution is 9.10. The standard InChI is InChI=1S/C16H9BrClN3O/c17-11-1-4-13(5-2-11)20-9-10(8-19)16-21-14-7-12(18)3-6-15(14)22-16/h1-7,9,20H. The molecular weight excluding hydrogens is 366 g/mol. The average Bonchev–Trinajstić information content (AvgIpc) is 2.92. The summed E-state index contributed by atoms with van der Waals surface area (Å²) in [6.45, 7) is 0. The number of anilines is 1. The Labute approximate surface area is 140 Å². The molecule has 0 saturated carbocycles. The number of nitrogens with zero attached hydrogens (tertiary/aromatic N) is 2. The Morgan fingerprint density at radius 2 is 2.05 bits per heavy atom. The summed E-state index contributed by atoms with van der Waals surface area (Å²) in [5.74, 6) is 0.254. The van der Waals surface area contributed by atoms with E-state index in [0.717, 1.165) is 10.2 Å². The van der Waals surface area contributed by atoms with Gasteiger partial charge in [0.2, 0.25) is 5.89 Å². The van der Waals surface area contributed by atoms with Gasteiger partial charge in [-0.15, -0.1) is 0 Å². The Kier molecular flexibility index (Phi) is 4.14. The molecule has 3 aromatic rings. The number of halogens is 2. The maximum Gasteiger partial charge on any atom is 0.239 e. The number of fused-ring (bicyclic) bond motifs is 1. The van der Waals surface area contributed by atoms with Gasteiger partial charge in [0.15, 0.2) is 5.58 Å². The van der Waals surface area contributed by atoms with Crippen molar-refractivity contribution in [3.05, 3.63) is 64.1 Å². The summed E-state index contributed by atoms with van der Waals surface area (Å²) in [5.41, 5.74) is 2.36. The van der Waals surface area contributed by atoms with Crippen LogP contribution in [-0.2, 0) is 0 Å². The summed E-state index contributed by atoms with van der Waals surface area (Å²) in [7, 11) is 0. The average molecular weight is 375 g/mol. The van der Waals surface area contributed by atoms with E-state index in [1.807, 2.05) is 24.3 Å². The Morgan fingerprint density at radius 1 is 1.27 bits per heavy atom. The van der Waals surface area contributed by atoms with Crippen molar-refractivity contribution in [3.8, 4) is 6.07 Å². The molecule has 0 spiro atoms. The predicted octanol–water partition coefficient (Wildman–Crippen LogP) is 5.22. The molecule has 4 nitrogen and oxygen atoms in total. The fourth-order valence-electron chi connectivity index (χ4n) is 1.86. The van der Waals surface area contributed by atoms with Gasteiger partial charge in [-0.25, -0.2) is 4.98 Å². The third-order valence-corrected chi connectivity index (χ3v) is 3.69. The summed E-state index contributed by atoms with van der Waals surface area (Å²) in [6.07, 6.45) is 1.57. The van der Waals surface area contributed by atoms with Gasteiger partial charge in [0.05, 0.1) is 0 Å². The zero-order valence-electron chi connectivity index (χ0n) is 11.2. The van der Waals surface area contributed by atoms with Gasteiger partial charge in [-0.3, -0.25) is 0 Å². The molecule has 3 rings (SSSR count). The lowest BCUT2D eigenvalue weighted by Crippen LogP contribution is -1.91. The number of nitriles is 1. The summed E-state index contributed by atoms with van der Waals surface area (Å²) >= 11 is 9.29. The second kappa shape index (κ2) is 6.22. The molecule has 0 atom stereocenters. The lowest BCUT2D eigenvalue weighted by molar-refractivity contribution is 0.586. The van der Waals surface area contributed by atoms with E-state index in [2.05, 4.69) is 32.3 Å². The fourth-order valence-corrected chi connectivity index (χ4v) is 2.29. The highest BCUT2D eigenvalue weighted by Gasteiger charge is 2.10. The number of hydrogen-bond donors (Lipinski definition) is 1. The van der Waals surface area contributed by atoms with Crippen LogP contribution in [-0.4, -0.2) is 4.98 Å². The number of allylic oxidation sites excluding steroid dienone is 1. The van der Waals surface area contributed by atoms with Crippen LogP contribution in [0.25, 0.3) is 16.7 Å². The molecule has 22 heavy (non-hydrogen) atoms. The molecule has 0 aliphatic heterocycles. The van der Waals surface area contributed by atoms with Gasteiger partial charge < -0.3 is 9.73 Å². The van der Waals surface area contributed by atoms with E-state index in [1.165, 1.54) is 0 Å². The minimum absolute atomic E-state index is 0.254. The molecule has 1 aromatic heterocycles. The second-order valence-electron chi connectivity index (χ2n) is 4.45. The molecule has 0 unspecified atom stereocenters. The molecule has 0 fully saturated rings. The minimum Gasteiger partial charge on any atom is -0.435 e. The quantitative estimate of drug-likeness (QED) is 0.638.